The van der Waals surface area contributed by atoms with Crippen LogP contribution in [0.2, 0.25) is 0 Å². The van der Waals surface area contributed by atoms with Crippen molar-refractivity contribution in [1.29, 1.82) is 0 Å². The van der Waals surface area contributed by atoms with E-state index in [0.29, 0.717) is 12.2 Å². The van der Waals surface area contributed by atoms with Crippen LogP contribution in [-0.4, -0.2) is 33.6 Å². The Bertz CT molecular complexity index is 653. The van der Waals surface area contributed by atoms with Gasteiger partial charge in [0.15, 0.2) is 10.7 Å². The topological polar surface area (TPSA) is 90.7 Å². The number of amides is 1. The number of carbonyl (C=O) groups is 2. The van der Waals surface area contributed by atoms with Gasteiger partial charge in [-0.3, -0.25) is 4.79 Å². The Morgan fingerprint density at radius 1 is 1.40 bits per heavy atom. The van der Waals surface area contributed by atoms with Crippen LogP contribution in [0.15, 0.2) is 29.6 Å². The molecule has 1 heterocycles. The third-order valence-corrected chi connectivity index (χ3v) is 3.44. The summed E-state index contributed by atoms with van der Waals surface area (Å²) in [4.78, 5) is 28.3. The van der Waals surface area contributed by atoms with Gasteiger partial charge < -0.3 is 15.1 Å². The summed E-state index contributed by atoms with van der Waals surface area (Å²) >= 11 is 0.983. The van der Waals surface area contributed by atoms with Crippen LogP contribution in [0.3, 0.4) is 0 Å². The Hall–Kier alpha value is -2.41. The first kappa shape index (κ1) is 14.0. The van der Waals surface area contributed by atoms with Crippen molar-refractivity contribution in [3.8, 4) is 5.75 Å². The number of phenols is 1. The first-order valence-electron chi connectivity index (χ1n) is 5.82. The van der Waals surface area contributed by atoms with E-state index < -0.39 is 11.9 Å². The summed E-state index contributed by atoms with van der Waals surface area (Å²) in [7, 11) is 0. The molecule has 1 aromatic heterocycles. The number of benzene rings is 1. The number of anilines is 1. The number of nitrogens with zero attached hydrogens (tertiary/aromatic N) is 2. The molecule has 0 radical (unpaired) electrons. The van der Waals surface area contributed by atoms with Crippen LogP contribution < -0.4 is 4.90 Å². The lowest BCUT2D eigenvalue weighted by Crippen LogP contribution is -2.30. The summed E-state index contributed by atoms with van der Waals surface area (Å²) < 4.78 is 0. The molecule has 6 nitrogen and oxygen atoms in total. The normalized spacial score (nSPS) is 10.2. The molecule has 1 amide bonds. The summed E-state index contributed by atoms with van der Waals surface area (Å²) in [5.74, 6) is -1.50. The zero-order valence-corrected chi connectivity index (χ0v) is 11.4. The highest BCUT2D eigenvalue weighted by atomic mass is 32.1. The van der Waals surface area contributed by atoms with Gasteiger partial charge in [0.2, 0.25) is 0 Å². The number of phenolic OH excluding ortho intramolecular Hbond substituents is 1. The number of carboxylic acid groups (broad SMARTS) is 1. The fourth-order valence-corrected chi connectivity index (χ4v) is 2.43. The summed E-state index contributed by atoms with van der Waals surface area (Å²) in [6, 6.07) is 6.29. The second-order valence-electron chi connectivity index (χ2n) is 3.91. The molecule has 7 heteroatoms. The maximum atomic E-state index is 12.3. The molecule has 20 heavy (non-hydrogen) atoms. The monoisotopic (exact) mass is 292 g/mol. The molecule has 2 aromatic rings. The zero-order chi connectivity index (χ0) is 14.7. The molecule has 2 rings (SSSR count). The molecule has 0 atom stereocenters. The second-order valence-corrected chi connectivity index (χ2v) is 4.77. The predicted octanol–water partition coefficient (Wildman–Crippen LogP) is 2.21. The van der Waals surface area contributed by atoms with Gasteiger partial charge in [-0.1, -0.05) is 6.07 Å². The van der Waals surface area contributed by atoms with Gasteiger partial charge >= 0.3 is 5.97 Å². The summed E-state index contributed by atoms with van der Waals surface area (Å²) in [5.41, 5.74) is 0.384. The quantitative estimate of drug-likeness (QED) is 0.901. The van der Waals surface area contributed by atoms with E-state index in [1.54, 1.807) is 19.1 Å². The number of aromatic carboxylic acids is 1. The second kappa shape index (κ2) is 5.70. The predicted molar refractivity (Wildman–Crippen MR) is 74.5 cm³/mol. The number of aromatic nitrogens is 1. The summed E-state index contributed by atoms with van der Waals surface area (Å²) in [6.45, 7) is 2.16. The van der Waals surface area contributed by atoms with Crippen LogP contribution >= 0.6 is 11.3 Å². The lowest BCUT2D eigenvalue weighted by molar-refractivity contribution is 0.0691. The van der Waals surface area contributed by atoms with Crippen molar-refractivity contribution < 1.29 is 19.8 Å². The molecule has 0 fully saturated rings. The highest BCUT2D eigenvalue weighted by Crippen LogP contribution is 2.22. The van der Waals surface area contributed by atoms with Crippen molar-refractivity contribution in [3.63, 3.8) is 0 Å². The van der Waals surface area contributed by atoms with Crippen LogP contribution in [0.5, 0.6) is 5.75 Å². The van der Waals surface area contributed by atoms with Crippen LogP contribution in [0.25, 0.3) is 0 Å². The molecule has 0 aliphatic heterocycles. The van der Waals surface area contributed by atoms with Gasteiger partial charge in [0.1, 0.15) is 5.75 Å². The zero-order valence-electron chi connectivity index (χ0n) is 10.6. The number of hydrogen-bond acceptors (Lipinski definition) is 5. The number of hydrogen-bond donors (Lipinski definition) is 2. The molecule has 0 saturated carbocycles. The van der Waals surface area contributed by atoms with E-state index in [-0.39, 0.29) is 16.5 Å². The molecule has 0 bridgehead atoms. The molecular weight excluding hydrogens is 280 g/mol. The molecule has 104 valence electrons. The van der Waals surface area contributed by atoms with Gasteiger partial charge in [0.25, 0.3) is 5.91 Å². The average molecular weight is 292 g/mol. The maximum absolute atomic E-state index is 12.3. The largest absolute Gasteiger partial charge is 0.508 e. The van der Waals surface area contributed by atoms with E-state index >= 15 is 0 Å². The van der Waals surface area contributed by atoms with Crippen LogP contribution in [-0.2, 0) is 0 Å². The molecule has 0 unspecified atom stereocenters. The Labute approximate surface area is 118 Å². The van der Waals surface area contributed by atoms with E-state index in [9.17, 15) is 14.7 Å². The van der Waals surface area contributed by atoms with Crippen LogP contribution in [0, 0.1) is 0 Å². The molecular formula is C13H12N2O4S. The minimum atomic E-state index is -1.17. The van der Waals surface area contributed by atoms with Crippen molar-refractivity contribution in [2.75, 3.05) is 11.4 Å². The number of thiazole rings is 1. The van der Waals surface area contributed by atoms with E-state index in [1.165, 1.54) is 22.4 Å². The standard InChI is InChI=1S/C13H12N2O4S/c1-2-15(8-4-3-5-9(16)6-8)12(17)11-14-10(7-20-11)13(18)19/h3-7,16H,2H2,1H3,(H,18,19). The fourth-order valence-electron chi connectivity index (χ4n) is 1.69. The molecule has 0 aliphatic rings. The fraction of sp³-hybridized carbons (Fsp3) is 0.154. The summed E-state index contributed by atoms with van der Waals surface area (Å²) in [6.07, 6.45) is 0. The maximum Gasteiger partial charge on any atom is 0.355 e. The van der Waals surface area contributed by atoms with E-state index in [1.807, 2.05) is 0 Å². The number of carbonyl (C=O) groups excluding carboxylic acids is 1. The van der Waals surface area contributed by atoms with E-state index in [2.05, 4.69) is 4.98 Å². The van der Waals surface area contributed by atoms with Gasteiger partial charge in [-0.25, -0.2) is 9.78 Å². The van der Waals surface area contributed by atoms with Crippen molar-refractivity contribution in [2.24, 2.45) is 0 Å². The van der Waals surface area contributed by atoms with Crippen LogP contribution in [0.1, 0.15) is 27.2 Å². The number of carboxylic acids is 1. The molecule has 0 aliphatic carbocycles. The Kier molecular flexibility index (Phi) is 3.99. The lowest BCUT2D eigenvalue weighted by Gasteiger charge is -2.19. The highest BCUT2D eigenvalue weighted by Gasteiger charge is 2.21. The lowest BCUT2D eigenvalue weighted by atomic mass is 10.2. The third-order valence-electron chi connectivity index (χ3n) is 2.61. The average Bonchev–Trinajstić information content (AvgIpc) is 2.89. The first-order chi connectivity index (χ1) is 9.52. The van der Waals surface area contributed by atoms with Crippen molar-refractivity contribution >= 4 is 28.9 Å². The number of rotatable bonds is 4. The Balaban J connectivity index is 2.31. The molecule has 2 N–H and O–H groups in total. The SMILES string of the molecule is CCN(C(=O)c1nc(C(=O)O)cs1)c1cccc(O)c1. The van der Waals surface area contributed by atoms with Crippen molar-refractivity contribution in [1.82, 2.24) is 4.98 Å². The summed E-state index contributed by atoms with van der Waals surface area (Å²) in [5, 5.41) is 19.7. The molecule has 0 spiro atoms. The van der Waals surface area contributed by atoms with E-state index in [4.69, 9.17) is 5.11 Å². The van der Waals surface area contributed by atoms with Crippen molar-refractivity contribution in [3.05, 3.63) is 40.3 Å². The van der Waals surface area contributed by atoms with Gasteiger partial charge in [0, 0.05) is 23.7 Å². The van der Waals surface area contributed by atoms with Gasteiger partial charge in [0.05, 0.1) is 0 Å². The molecule has 0 saturated heterocycles. The van der Waals surface area contributed by atoms with Gasteiger partial charge in [-0.05, 0) is 19.1 Å². The first-order valence-corrected chi connectivity index (χ1v) is 6.70. The Morgan fingerprint density at radius 3 is 2.70 bits per heavy atom. The Morgan fingerprint density at radius 2 is 2.15 bits per heavy atom. The highest BCUT2D eigenvalue weighted by molar-refractivity contribution is 7.12. The van der Waals surface area contributed by atoms with Gasteiger partial charge in [-0.15, -0.1) is 11.3 Å². The minimum Gasteiger partial charge on any atom is -0.508 e. The van der Waals surface area contributed by atoms with Gasteiger partial charge in [-0.2, -0.15) is 0 Å². The molecule has 1 aromatic carbocycles. The van der Waals surface area contributed by atoms with E-state index in [0.717, 1.165) is 11.3 Å². The van der Waals surface area contributed by atoms with Crippen LogP contribution in [0.4, 0.5) is 5.69 Å². The third kappa shape index (κ3) is 2.77. The minimum absolute atomic E-state index is 0.0547. The smallest absolute Gasteiger partial charge is 0.355 e. The number of aromatic hydroxyl groups is 1. The van der Waals surface area contributed by atoms with Crippen molar-refractivity contribution in [2.45, 2.75) is 6.92 Å².